The van der Waals surface area contributed by atoms with Gasteiger partial charge in [-0.2, -0.15) is 15.0 Å². The number of anilines is 3. The molecular formula is C23H21FN8O2S. The molecule has 5 rings (SSSR count). The fraction of sp³-hybridized carbons (Fsp3) is 0.174. The fourth-order valence-electron chi connectivity index (χ4n) is 3.44. The summed E-state index contributed by atoms with van der Waals surface area (Å²) in [7, 11) is 0. The molecule has 0 fully saturated rings. The summed E-state index contributed by atoms with van der Waals surface area (Å²) in [6.45, 7) is 4.65. The van der Waals surface area contributed by atoms with Crippen LogP contribution >= 0.6 is 11.8 Å². The van der Waals surface area contributed by atoms with E-state index in [0.717, 1.165) is 0 Å². The Labute approximate surface area is 204 Å². The van der Waals surface area contributed by atoms with Crippen LogP contribution in [0, 0.1) is 5.82 Å². The molecule has 1 atom stereocenters. The lowest BCUT2D eigenvalue weighted by Crippen LogP contribution is -2.25. The molecule has 0 spiro atoms. The molecule has 3 N–H and O–H groups in total. The average Bonchev–Trinajstić information content (AvgIpc) is 3.26. The van der Waals surface area contributed by atoms with Crippen LogP contribution in [-0.4, -0.2) is 36.3 Å². The number of ether oxygens (including phenoxy) is 2. The Balaban J connectivity index is 1.32. The molecule has 35 heavy (non-hydrogen) atoms. The molecule has 0 radical (unpaired) electrons. The number of nitrogen functional groups attached to an aromatic ring is 1. The highest BCUT2D eigenvalue weighted by Gasteiger charge is 2.28. The van der Waals surface area contributed by atoms with Gasteiger partial charge in [0.15, 0.2) is 28.6 Å². The van der Waals surface area contributed by atoms with Crippen LogP contribution in [0.15, 0.2) is 66.3 Å². The number of benzene rings is 2. The molecule has 4 aromatic rings. The molecular weight excluding hydrogens is 471 g/mol. The van der Waals surface area contributed by atoms with E-state index in [0.29, 0.717) is 52.9 Å². The second-order valence-electron chi connectivity index (χ2n) is 7.46. The Morgan fingerprint density at radius 2 is 1.91 bits per heavy atom. The Morgan fingerprint density at radius 1 is 1.11 bits per heavy atom. The molecule has 12 heteroatoms. The van der Waals surface area contributed by atoms with Crippen molar-refractivity contribution < 1.29 is 13.9 Å². The summed E-state index contributed by atoms with van der Waals surface area (Å²) in [6, 6.07) is 13.3. The van der Waals surface area contributed by atoms with E-state index in [4.69, 9.17) is 15.2 Å². The van der Waals surface area contributed by atoms with Crippen LogP contribution in [-0.2, 0) is 12.3 Å². The molecule has 3 heterocycles. The number of fused-ring (bicyclic) bond motifs is 1. The van der Waals surface area contributed by atoms with Gasteiger partial charge in [0.2, 0.25) is 11.9 Å². The number of halogens is 1. The van der Waals surface area contributed by atoms with Crippen molar-refractivity contribution in [2.45, 2.75) is 23.6 Å². The largest absolute Gasteiger partial charge is 0.485 e. The number of allylic oxidation sites excluding steroid dienone is 1. The first-order valence-corrected chi connectivity index (χ1v) is 11.7. The van der Waals surface area contributed by atoms with E-state index in [2.05, 4.69) is 37.0 Å². The predicted octanol–water partition coefficient (Wildman–Crippen LogP) is 3.92. The van der Waals surface area contributed by atoms with Crippen LogP contribution in [0.5, 0.6) is 11.5 Å². The van der Waals surface area contributed by atoms with Crippen molar-refractivity contribution in [1.29, 1.82) is 0 Å². The van der Waals surface area contributed by atoms with Crippen molar-refractivity contribution in [3.8, 4) is 11.5 Å². The first kappa shape index (κ1) is 22.6. The van der Waals surface area contributed by atoms with Crippen LogP contribution in [0.1, 0.15) is 17.8 Å². The van der Waals surface area contributed by atoms with Crippen LogP contribution in [0.25, 0.3) is 0 Å². The van der Waals surface area contributed by atoms with Gasteiger partial charge in [0.05, 0.1) is 5.75 Å². The van der Waals surface area contributed by atoms with Gasteiger partial charge in [-0.1, -0.05) is 30.0 Å². The van der Waals surface area contributed by atoms with Crippen LogP contribution in [0.3, 0.4) is 0 Å². The summed E-state index contributed by atoms with van der Waals surface area (Å²) in [5, 5.41) is 12.4. The molecule has 2 aromatic heterocycles. The summed E-state index contributed by atoms with van der Waals surface area (Å²) < 4.78 is 27.0. The number of hydrogen-bond donors (Lipinski definition) is 2. The van der Waals surface area contributed by atoms with E-state index in [9.17, 15) is 4.39 Å². The van der Waals surface area contributed by atoms with Gasteiger partial charge in [0, 0.05) is 12.2 Å². The third-order valence-corrected chi connectivity index (χ3v) is 5.95. The number of rotatable bonds is 8. The van der Waals surface area contributed by atoms with Crippen LogP contribution in [0.4, 0.5) is 22.0 Å². The molecule has 0 saturated carbocycles. The molecule has 2 aromatic carbocycles. The van der Waals surface area contributed by atoms with Gasteiger partial charge < -0.3 is 20.5 Å². The van der Waals surface area contributed by atoms with Gasteiger partial charge in [-0.15, -0.1) is 16.8 Å². The van der Waals surface area contributed by atoms with Gasteiger partial charge in [0.25, 0.3) is 0 Å². The number of thioether (sulfide) groups is 1. The van der Waals surface area contributed by atoms with Crippen molar-refractivity contribution in [2.75, 3.05) is 17.7 Å². The minimum Gasteiger partial charge on any atom is -0.485 e. The van der Waals surface area contributed by atoms with E-state index < -0.39 is 6.10 Å². The Bertz CT molecular complexity index is 1350. The number of nitrogens with two attached hydrogens (primary N) is 1. The number of hydrogen-bond acceptors (Lipinski definition) is 10. The lowest BCUT2D eigenvalue weighted by atomic mass is 10.2. The maximum absolute atomic E-state index is 13.2. The van der Waals surface area contributed by atoms with E-state index in [1.54, 1.807) is 18.2 Å². The van der Waals surface area contributed by atoms with E-state index >= 15 is 0 Å². The summed E-state index contributed by atoms with van der Waals surface area (Å²) >= 11 is 1.40. The Hall–Kier alpha value is -4.19. The lowest BCUT2D eigenvalue weighted by Gasteiger charge is -2.26. The molecule has 0 bridgehead atoms. The molecule has 178 valence electrons. The Morgan fingerprint density at radius 3 is 2.71 bits per heavy atom. The first-order chi connectivity index (χ1) is 17.1. The van der Waals surface area contributed by atoms with Gasteiger partial charge in [-0.25, -0.2) is 4.39 Å². The quantitative estimate of drug-likeness (QED) is 0.276. The van der Waals surface area contributed by atoms with Gasteiger partial charge in [-0.3, -0.25) is 4.57 Å². The molecule has 1 aliphatic heterocycles. The summed E-state index contributed by atoms with van der Waals surface area (Å²) in [6.07, 6.45) is 1.35. The number of para-hydroxylation sites is 2. The van der Waals surface area contributed by atoms with Crippen molar-refractivity contribution in [1.82, 2.24) is 29.7 Å². The highest BCUT2D eigenvalue weighted by molar-refractivity contribution is 7.98. The zero-order chi connectivity index (χ0) is 24.2. The molecule has 0 amide bonds. The summed E-state index contributed by atoms with van der Waals surface area (Å²) in [5.74, 6) is 2.81. The first-order valence-electron chi connectivity index (χ1n) is 10.7. The molecule has 0 aliphatic carbocycles. The summed E-state index contributed by atoms with van der Waals surface area (Å²) in [4.78, 5) is 12.7. The Kier molecular flexibility index (Phi) is 6.44. The SMILES string of the molecule is C=CCn1c(SCc2nc(N)nc(Nc3ccc(F)cc3)n2)nnc1[C@@H]1COc2ccccc2O1. The maximum Gasteiger partial charge on any atom is 0.232 e. The van der Waals surface area contributed by atoms with E-state index in [-0.39, 0.29) is 17.7 Å². The van der Waals surface area contributed by atoms with Crippen LogP contribution < -0.4 is 20.5 Å². The molecule has 0 unspecified atom stereocenters. The monoisotopic (exact) mass is 492 g/mol. The maximum atomic E-state index is 13.2. The average molecular weight is 493 g/mol. The summed E-state index contributed by atoms with van der Waals surface area (Å²) in [5.41, 5.74) is 6.50. The van der Waals surface area contributed by atoms with E-state index in [1.165, 1.54) is 23.9 Å². The second kappa shape index (κ2) is 9.97. The highest BCUT2D eigenvalue weighted by atomic mass is 32.2. The molecule has 10 nitrogen and oxygen atoms in total. The fourth-order valence-corrected chi connectivity index (χ4v) is 4.25. The van der Waals surface area contributed by atoms with Gasteiger partial charge >= 0.3 is 0 Å². The minimum absolute atomic E-state index is 0.0693. The lowest BCUT2D eigenvalue weighted by molar-refractivity contribution is 0.0821. The minimum atomic E-state index is -0.411. The number of aromatic nitrogens is 6. The van der Waals surface area contributed by atoms with Crippen molar-refractivity contribution in [3.63, 3.8) is 0 Å². The highest BCUT2D eigenvalue weighted by Crippen LogP contribution is 2.36. The normalized spacial score (nSPS) is 14.5. The third kappa shape index (κ3) is 5.17. The third-order valence-electron chi connectivity index (χ3n) is 4.98. The topological polar surface area (TPSA) is 126 Å². The standard InChI is InChI=1S/C23H21FN8O2S/c1-2-11-32-20(18-12-33-16-5-3-4-6-17(16)34-18)30-31-23(32)35-13-19-27-21(25)29-22(28-19)26-15-9-7-14(24)8-10-15/h2-10,18H,1,11-13H2,(H3,25,26,27,28,29)/t18-/m0/s1. The van der Waals surface area contributed by atoms with Crippen molar-refractivity contribution in [2.24, 2.45) is 0 Å². The van der Waals surface area contributed by atoms with Gasteiger partial charge in [0.1, 0.15) is 18.2 Å². The van der Waals surface area contributed by atoms with Crippen molar-refractivity contribution in [3.05, 3.63) is 78.7 Å². The zero-order valence-electron chi connectivity index (χ0n) is 18.5. The van der Waals surface area contributed by atoms with Crippen LogP contribution in [0.2, 0.25) is 0 Å². The number of nitrogens with zero attached hydrogens (tertiary/aromatic N) is 6. The molecule has 1 aliphatic rings. The van der Waals surface area contributed by atoms with E-state index in [1.807, 2.05) is 28.8 Å². The zero-order valence-corrected chi connectivity index (χ0v) is 19.3. The van der Waals surface area contributed by atoms with Crippen molar-refractivity contribution >= 4 is 29.3 Å². The van der Waals surface area contributed by atoms with Gasteiger partial charge in [-0.05, 0) is 36.4 Å². The second-order valence-corrected chi connectivity index (χ2v) is 8.40. The predicted molar refractivity (Wildman–Crippen MR) is 129 cm³/mol. The smallest absolute Gasteiger partial charge is 0.232 e. The molecule has 0 saturated heterocycles. The number of nitrogens with one attached hydrogen (secondary N) is 1.